The maximum Gasteiger partial charge on any atom is 0.492 e. The highest BCUT2D eigenvalue weighted by molar-refractivity contribution is 5.14. The molecule has 0 radical (unpaired) electrons. The Hall–Kier alpha value is -1.69. The van der Waals surface area contributed by atoms with E-state index in [1.165, 1.54) is 4.98 Å². The minimum absolute atomic E-state index is 0.196. The third-order valence-corrected chi connectivity index (χ3v) is 3.09. The maximum absolute atomic E-state index is 12.6. The zero-order valence-corrected chi connectivity index (χ0v) is 10.2. The monoisotopic (exact) mass is 312 g/mol. The van der Waals surface area contributed by atoms with E-state index in [1.807, 2.05) is 0 Å². The SMILES string of the molecule is O=c1[nH]c(=O)n(C(F)(F)F)cc1[C@@H]1O[C@H](CO)[C@@H](O)[C@H]1O. The van der Waals surface area contributed by atoms with Gasteiger partial charge in [-0.1, -0.05) is 0 Å². The van der Waals surface area contributed by atoms with Crippen molar-refractivity contribution in [2.45, 2.75) is 30.7 Å². The molecule has 0 aromatic carbocycles. The predicted molar refractivity (Wildman–Crippen MR) is 59.3 cm³/mol. The number of alkyl halides is 3. The lowest BCUT2D eigenvalue weighted by atomic mass is 10.0. The lowest BCUT2D eigenvalue weighted by Gasteiger charge is -2.16. The zero-order chi connectivity index (χ0) is 15.9. The Labute approximate surface area is 114 Å². The third-order valence-electron chi connectivity index (χ3n) is 3.09. The van der Waals surface area contributed by atoms with Gasteiger partial charge in [0.05, 0.1) is 12.2 Å². The van der Waals surface area contributed by atoms with Gasteiger partial charge in [-0.3, -0.25) is 9.78 Å². The molecule has 2 rings (SSSR count). The number of H-pyrrole nitrogens is 1. The van der Waals surface area contributed by atoms with Crippen molar-refractivity contribution in [1.29, 1.82) is 0 Å². The number of hydrogen-bond donors (Lipinski definition) is 4. The highest BCUT2D eigenvalue weighted by Crippen LogP contribution is 2.32. The van der Waals surface area contributed by atoms with Gasteiger partial charge < -0.3 is 20.1 Å². The number of halogens is 3. The largest absolute Gasteiger partial charge is 0.492 e. The van der Waals surface area contributed by atoms with E-state index in [2.05, 4.69) is 0 Å². The number of aliphatic hydroxyl groups excluding tert-OH is 3. The van der Waals surface area contributed by atoms with Crippen molar-refractivity contribution in [1.82, 2.24) is 9.55 Å². The van der Waals surface area contributed by atoms with Gasteiger partial charge in [-0.2, -0.15) is 0 Å². The van der Waals surface area contributed by atoms with Crippen molar-refractivity contribution in [2.75, 3.05) is 6.61 Å². The third kappa shape index (κ3) is 2.72. The number of nitrogens with zero attached hydrogens (tertiary/aromatic N) is 1. The highest BCUT2D eigenvalue weighted by Gasteiger charge is 2.45. The van der Waals surface area contributed by atoms with Gasteiger partial charge in [0.25, 0.3) is 5.56 Å². The summed E-state index contributed by atoms with van der Waals surface area (Å²) >= 11 is 0. The summed E-state index contributed by atoms with van der Waals surface area (Å²) in [6, 6.07) is 0. The summed E-state index contributed by atoms with van der Waals surface area (Å²) in [6.45, 7) is -0.703. The number of ether oxygens (including phenoxy) is 1. The number of aliphatic hydroxyl groups is 3. The molecule has 1 fully saturated rings. The van der Waals surface area contributed by atoms with Crippen LogP contribution in [0.1, 0.15) is 11.7 Å². The number of nitrogens with one attached hydrogen (secondary N) is 1. The van der Waals surface area contributed by atoms with Crippen LogP contribution in [-0.4, -0.2) is 49.8 Å². The molecule has 1 aromatic heterocycles. The maximum atomic E-state index is 12.6. The van der Waals surface area contributed by atoms with Crippen molar-refractivity contribution < 1.29 is 33.2 Å². The molecule has 1 aliphatic heterocycles. The number of hydrogen-bond acceptors (Lipinski definition) is 6. The van der Waals surface area contributed by atoms with Gasteiger partial charge in [0.2, 0.25) is 0 Å². The van der Waals surface area contributed by atoms with Crippen molar-refractivity contribution in [2.24, 2.45) is 0 Å². The molecular formula is C10H11F3N2O6. The molecule has 0 saturated carbocycles. The van der Waals surface area contributed by atoms with E-state index >= 15 is 0 Å². The zero-order valence-electron chi connectivity index (χ0n) is 10.2. The van der Waals surface area contributed by atoms with Crippen LogP contribution in [-0.2, 0) is 11.0 Å². The quantitative estimate of drug-likeness (QED) is 0.509. The van der Waals surface area contributed by atoms with Crippen LogP contribution >= 0.6 is 0 Å². The fourth-order valence-electron chi connectivity index (χ4n) is 2.03. The summed E-state index contributed by atoms with van der Waals surface area (Å²) in [6.07, 6.45) is -11.0. The summed E-state index contributed by atoms with van der Waals surface area (Å²) in [4.78, 5) is 24.2. The summed E-state index contributed by atoms with van der Waals surface area (Å²) in [5.74, 6) is 0. The number of aromatic nitrogens is 2. The molecule has 0 amide bonds. The van der Waals surface area contributed by atoms with Crippen molar-refractivity contribution in [3.8, 4) is 0 Å². The Kier molecular flexibility index (Phi) is 3.93. The second-order valence-corrected chi connectivity index (χ2v) is 4.44. The van der Waals surface area contributed by atoms with Gasteiger partial charge in [-0.05, 0) is 0 Å². The van der Waals surface area contributed by atoms with Gasteiger partial charge in [-0.15, -0.1) is 13.2 Å². The molecule has 1 aliphatic rings. The first-order valence-electron chi connectivity index (χ1n) is 5.72. The second kappa shape index (κ2) is 5.26. The molecule has 0 aliphatic carbocycles. The van der Waals surface area contributed by atoms with Gasteiger partial charge in [0, 0.05) is 6.20 Å². The number of aromatic amines is 1. The molecule has 4 atom stereocenters. The molecule has 118 valence electrons. The first-order chi connectivity index (χ1) is 9.66. The van der Waals surface area contributed by atoms with Crippen LogP contribution < -0.4 is 11.2 Å². The fraction of sp³-hybridized carbons (Fsp3) is 0.600. The second-order valence-electron chi connectivity index (χ2n) is 4.44. The molecule has 8 nitrogen and oxygen atoms in total. The molecule has 0 spiro atoms. The Morgan fingerprint density at radius 3 is 2.38 bits per heavy atom. The van der Waals surface area contributed by atoms with E-state index in [0.717, 1.165) is 0 Å². The Bertz CT molecular complexity index is 639. The minimum Gasteiger partial charge on any atom is -0.394 e. The van der Waals surface area contributed by atoms with E-state index in [9.17, 15) is 33.0 Å². The first-order valence-corrected chi connectivity index (χ1v) is 5.72. The van der Waals surface area contributed by atoms with Crippen LogP contribution in [0.5, 0.6) is 0 Å². The summed E-state index contributed by atoms with van der Waals surface area (Å²) < 4.78 is 42.1. The van der Waals surface area contributed by atoms with E-state index in [4.69, 9.17) is 9.84 Å². The number of rotatable bonds is 2. The van der Waals surface area contributed by atoms with E-state index in [0.29, 0.717) is 0 Å². The molecule has 0 unspecified atom stereocenters. The Morgan fingerprint density at radius 2 is 1.90 bits per heavy atom. The average molecular weight is 312 g/mol. The minimum atomic E-state index is -5.07. The van der Waals surface area contributed by atoms with Gasteiger partial charge in [-0.25, -0.2) is 9.36 Å². The lowest BCUT2D eigenvalue weighted by molar-refractivity contribution is -0.207. The summed E-state index contributed by atoms with van der Waals surface area (Å²) in [7, 11) is 0. The smallest absolute Gasteiger partial charge is 0.394 e. The Morgan fingerprint density at radius 1 is 1.29 bits per heavy atom. The highest BCUT2D eigenvalue weighted by atomic mass is 19.4. The van der Waals surface area contributed by atoms with Crippen molar-refractivity contribution in [3.63, 3.8) is 0 Å². The van der Waals surface area contributed by atoms with Crippen LogP contribution in [0.25, 0.3) is 0 Å². The van der Waals surface area contributed by atoms with Gasteiger partial charge in [0.1, 0.15) is 24.4 Å². The molecular weight excluding hydrogens is 301 g/mol. The lowest BCUT2D eigenvalue weighted by Crippen LogP contribution is -2.39. The van der Waals surface area contributed by atoms with E-state index < -0.39 is 58.7 Å². The normalized spacial score (nSPS) is 29.8. The predicted octanol–water partition coefficient (Wildman–Crippen LogP) is -1.83. The summed E-state index contributed by atoms with van der Waals surface area (Å²) in [5, 5.41) is 28.1. The van der Waals surface area contributed by atoms with Gasteiger partial charge in [0.15, 0.2) is 0 Å². The van der Waals surface area contributed by atoms with Crippen LogP contribution in [0, 0.1) is 0 Å². The van der Waals surface area contributed by atoms with E-state index in [1.54, 1.807) is 0 Å². The fourth-order valence-corrected chi connectivity index (χ4v) is 2.03. The standard InChI is InChI=1S/C10H11F3N2O6/c11-10(12,13)15-1-3(8(19)14-9(15)20)7-6(18)5(17)4(2-16)21-7/h1,4-7,16-18H,2H2,(H,14,19,20)/t4-,5-,6-,7+/m1/s1. The Balaban J connectivity index is 2.50. The first kappa shape index (κ1) is 15.7. The van der Waals surface area contributed by atoms with Crippen molar-refractivity contribution >= 4 is 0 Å². The summed E-state index contributed by atoms with van der Waals surface area (Å²) in [5.41, 5.74) is -3.56. The molecule has 11 heteroatoms. The molecule has 0 bridgehead atoms. The van der Waals surface area contributed by atoms with Crippen LogP contribution in [0.3, 0.4) is 0 Å². The molecule has 4 N–H and O–H groups in total. The van der Waals surface area contributed by atoms with E-state index in [-0.39, 0.29) is 6.20 Å². The van der Waals surface area contributed by atoms with Crippen LogP contribution in [0.15, 0.2) is 15.8 Å². The molecule has 1 saturated heterocycles. The molecule has 21 heavy (non-hydrogen) atoms. The van der Waals surface area contributed by atoms with Crippen LogP contribution in [0.4, 0.5) is 13.2 Å². The molecule has 2 heterocycles. The topological polar surface area (TPSA) is 125 Å². The van der Waals surface area contributed by atoms with Crippen LogP contribution in [0.2, 0.25) is 0 Å². The van der Waals surface area contributed by atoms with Gasteiger partial charge >= 0.3 is 12.0 Å². The average Bonchev–Trinajstić information content (AvgIpc) is 2.65. The molecule has 1 aromatic rings. The van der Waals surface area contributed by atoms with Crippen molar-refractivity contribution in [3.05, 3.63) is 32.6 Å².